The smallest absolute Gasteiger partial charge is 0.167 e. The SMILES string of the molecule is OC[C@H]1O[C@@H](n2cnc3c(NCc4c(O)cccc4Cl)ncnc32)[C@@H](O)[C@@H]1O. The molecular formula is C17H18ClN5O5. The third-order valence-corrected chi connectivity index (χ3v) is 5.03. The molecule has 0 unspecified atom stereocenters. The van der Waals surface area contributed by atoms with E-state index in [1.807, 2.05) is 0 Å². The number of aliphatic hydroxyl groups is 3. The first-order chi connectivity index (χ1) is 13.5. The molecule has 1 aliphatic heterocycles. The normalized spacial score (nSPS) is 24.7. The van der Waals surface area contributed by atoms with E-state index in [0.717, 1.165) is 0 Å². The highest BCUT2D eigenvalue weighted by Gasteiger charge is 2.44. The number of aromatic nitrogens is 4. The zero-order valence-corrected chi connectivity index (χ0v) is 15.2. The minimum Gasteiger partial charge on any atom is -0.508 e. The lowest BCUT2D eigenvalue weighted by Crippen LogP contribution is -2.33. The number of fused-ring (bicyclic) bond motifs is 1. The number of aromatic hydroxyl groups is 1. The highest BCUT2D eigenvalue weighted by molar-refractivity contribution is 6.31. The van der Waals surface area contributed by atoms with Gasteiger partial charge in [0.15, 0.2) is 23.2 Å². The first-order valence-corrected chi connectivity index (χ1v) is 8.89. The number of hydrogen-bond donors (Lipinski definition) is 5. The molecule has 0 aliphatic carbocycles. The van der Waals surface area contributed by atoms with Crippen LogP contribution in [0.5, 0.6) is 5.75 Å². The van der Waals surface area contributed by atoms with Crippen molar-refractivity contribution in [2.24, 2.45) is 0 Å². The van der Waals surface area contributed by atoms with Gasteiger partial charge in [0.2, 0.25) is 0 Å². The van der Waals surface area contributed by atoms with Crippen LogP contribution in [0.25, 0.3) is 11.2 Å². The average Bonchev–Trinajstić information content (AvgIpc) is 3.23. The molecule has 11 heteroatoms. The molecule has 0 amide bonds. The summed E-state index contributed by atoms with van der Waals surface area (Å²) in [6.07, 6.45) is -1.60. The van der Waals surface area contributed by atoms with E-state index in [9.17, 15) is 20.4 Å². The lowest BCUT2D eigenvalue weighted by molar-refractivity contribution is -0.0511. The Hall–Kier alpha value is -2.50. The molecule has 0 saturated carbocycles. The molecule has 28 heavy (non-hydrogen) atoms. The van der Waals surface area contributed by atoms with E-state index >= 15 is 0 Å². The largest absolute Gasteiger partial charge is 0.508 e. The summed E-state index contributed by atoms with van der Waals surface area (Å²) in [5.41, 5.74) is 1.29. The van der Waals surface area contributed by atoms with E-state index in [2.05, 4.69) is 20.3 Å². The number of benzene rings is 1. The molecule has 3 heterocycles. The molecule has 148 valence electrons. The van der Waals surface area contributed by atoms with E-state index in [1.165, 1.54) is 23.3 Å². The van der Waals surface area contributed by atoms with Gasteiger partial charge in [0.25, 0.3) is 0 Å². The Morgan fingerprint density at radius 1 is 1.18 bits per heavy atom. The van der Waals surface area contributed by atoms with Gasteiger partial charge in [0, 0.05) is 17.1 Å². The van der Waals surface area contributed by atoms with Gasteiger partial charge in [0.05, 0.1) is 12.9 Å². The summed E-state index contributed by atoms with van der Waals surface area (Å²) >= 11 is 6.12. The maximum Gasteiger partial charge on any atom is 0.167 e. The average molecular weight is 408 g/mol. The van der Waals surface area contributed by atoms with Gasteiger partial charge < -0.3 is 30.5 Å². The van der Waals surface area contributed by atoms with Crippen molar-refractivity contribution in [1.82, 2.24) is 19.5 Å². The topological polar surface area (TPSA) is 146 Å². The molecule has 10 nitrogen and oxygen atoms in total. The summed E-state index contributed by atoms with van der Waals surface area (Å²) in [6, 6.07) is 4.85. The first kappa shape index (κ1) is 18.8. The third kappa shape index (κ3) is 3.15. The quantitative estimate of drug-likeness (QED) is 0.405. The van der Waals surface area contributed by atoms with E-state index in [1.54, 1.807) is 12.1 Å². The predicted octanol–water partition coefficient (Wildman–Crippen LogP) is 0.409. The Morgan fingerprint density at radius 2 is 2.00 bits per heavy atom. The number of hydrogen-bond acceptors (Lipinski definition) is 9. The molecule has 0 radical (unpaired) electrons. The number of aliphatic hydroxyl groups excluding tert-OH is 3. The number of phenols is 1. The lowest BCUT2D eigenvalue weighted by atomic mass is 10.1. The lowest BCUT2D eigenvalue weighted by Gasteiger charge is -2.16. The monoisotopic (exact) mass is 407 g/mol. The zero-order chi connectivity index (χ0) is 19.8. The van der Waals surface area contributed by atoms with Crippen LogP contribution in [0, 0.1) is 0 Å². The van der Waals surface area contributed by atoms with Crippen LogP contribution < -0.4 is 5.32 Å². The second-order valence-corrected chi connectivity index (χ2v) is 6.77. The highest BCUT2D eigenvalue weighted by atomic mass is 35.5. The first-order valence-electron chi connectivity index (χ1n) is 8.51. The fourth-order valence-electron chi connectivity index (χ4n) is 3.17. The summed E-state index contributed by atoms with van der Waals surface area (Å²) in [5, 5.41) is 42.9. The molecule has 3 aromatic rings. The van der Waals surface area contributed by atoms with E-state index in [0.29, 0.717) is 27.6 Å². The van der Waals surface area contributed by atoms with Gasteiger partial charge in [0.1, 0.15) is 30.4 Å². The number of nitrogens with one attached hydrogen (secondary N) is 1. The minimum absolute atomic E-state index is 0.0577. The maximum atomic E-state index is 10.2. The molecule has 2 aromatic heterocycles. The van der Waals surface area contributed by atoms with Crippen LogP contribution >= 0.6 is 11.6 Å². The van der Waals surface area contributed by atoms with Crippen LogP contribution in [0.1, 0.15) is 11.8 Å². The number of imidazole rings is 1. The Kier molecular flexibility index (Phi) is 5.04. The van der Waals surface area contributed by atoms with Crippen molar-refractivity contribution in [2.45, 2.75) is 31.1 Å². The number of phenolic OH excluding ortho intramolecular Hbond substituents is 1. The number of ether oxygens (including phenoxy) is 1. The number of halogens is 1. The standard InChI is InChI=1S/C17H18ClN5O5/c18-9-2-1-3-10(25)8(9)4-19-15-12-16(21-6-20-15)23(7-22-12)17-14(27)13(26)11(5-24)28-17/h1-3,6-7,11,13-14,17,24-27H,4-5H2,(H,19,20,21)/t11-,13-,14+,17-/m1/s1. The third-order valence-electron chi connectivity index (χ3n) is 4.68. The van der Waals surface area contributed by atoms with Crippen LogP contribution in [0.15, 0.2) is 30.9 Å². The van der Waals surface area contributed by atoms with Crippen molar-refractivity contribution in [3.8, 4) is 5.75 Å². The summed E-state index contributed by atoms with van der Waals surface area (Å²) in [7, 11) is 0. The minimum atomic E-state index is -1.25. The molecule has 1 saturated heterocycles. The molecule has 0 bridgehead atoms. The van der Waals surface area contributed by atoms with Gasteiger partial charge >= 0.3 is 0 Å². The second-order valence-electron chi connectivity index (χ2n) is 6.37. The van der Waals surface area contributed by atoms with Crippen LogP contribution in [-0.4, -0.2) is 64.9 Å². The van der Waals surface area contributed by atoms with Crippen molar-refractivity contribution in [1.29, 1.82) is 0 Å². The predicted molar refractivity (Wildman–Crippen MR) is 98.8 cm³/mol. The van der Waals surface area contributed by atoms with Crippen molar-refractivity contribution in [2.75, 3.05) is 11.9 Å². The zero-order valence-electron chi connectivity index (χ0n) is 14.5. The molecule has 5 N–H and O–H groups in total. The highest BCUT2D eigenvalue weighted by Crippen LogP contribution is 2.32. The van der Waals surface area contributed by atoms with E-state index in [-0.39, 0.29) is 12.3 Å². The fraction of sp³-hybridized carbons (Fsp3) is 0.353. The van der Waals surface area contributed by atoms with Crippen molar-refractivity contribution in [3.63, 3.8) is 0 Å². The van der Waals surface area contributed by atoms with Crippen molar-refractivity contribution < 1.29 is 25.2 Å². The summed E-state index contributed by atoms with van der Waals surface area (Å²) < 4.78 is 7.00. The van der Waals surface area contributed by atoms with Crippen LogP contribution in [0.3, 0.4) is 0 Å². The maximum absolute atomic E-state index is 10.2. The number of rotatable bonds is 5. The van der Waals surface area contributed by atoms with Gasteiger partial charge in [-0.2, -0.15) is 0 Å². The van der Waals surface area contributed by atoms with Crippen molar-refractivity contribution in [3.05, 3.63) is 41.4 Å². The summed E-state index contributed by atoms with van der Waals surface area (Å²) in [6.45, 7) is -0.219. The molecular weight excluding hydrogens is 390 g/mol. The van der Waals surface area contributed by atoms with Gasteiger partial charge in [-0.15, -0.1) is 0 Å². The van der Waals surface area contributed by atoms with Crippen LogP contribution in [0.2, 0.25) is 5.02 Å². The number of anilines is 1. The van der Waals surface area contributed by atoms with Gasteiger partial charge in [-0.1, -0.05) is 17.7 Å². The summed E-state index contributed by atoms with van der Waals surface area (Å²) in [5.74, 6) is 0.456. The second kappa shape index (κ2) is 7.49. The number of nitrogens with zero attached hydrogens (tertiary/aromatic N) is 4. The Balaban J connectivity index is 1.62. The van der Waals surface area contributed by atoms with E-state index in [4.69, 9.17) is 16.3 Å². The van der Waals surface area contributed by atoms with Gasteiger partial charge in [-0.05, 0) is 12.1 Å². The molecule has 1 aromatic carbocycles. The van der Waals surface area contributed by atoms with Crippen LogP contribution in [-0.2, 0) is 11.3 Å². The molecule has 1 aliphatic rings. The van der Waals surface area contributed by atoms with Crippen molar-refractivity contribution >= 4 is 28.6 Å². The Morgan fingerprint density at radius 3 is 2.71 bits per heavy atom. The van der Waals surface area contributed by atoms with E-state index < -0.39 is 31.1 Å². The summed E-state index contributed by atoms with van der Waals surface area (Å²) in [4.78, 5) is 12.6. The molecule has 0 spiro atoms. The molecule has 4 rings (SSSR count). The van der Waals surface area contributed by atoms with Gasteiger partial charge in [-0.3, -0.25) is 4.57 Å². The van der Waals surface area contributed by atoms with Crippen LogP contribution in [0.4, 0.5) is 5.82 Å². The van der Waals surface area contributed by atoms with Gasteiger partial charge in [-0.25, -0.2) is 15.0 Å². The fourth-order valence-corrected chi connectivity index (χ4v) is 3.41. The molecule has 1 fully saturated rings. The molecule has 4 atom stereocenters. The Labute approximate surface area is 164 Å². The Bertz CT molecular complexity index is 979.